The molecular weight excluding hydrogens is 239 g/mol. The quantitative estimate of drug-likeness (QED) is 0.612. The molecule has 0 aliphatic heterocycles. The van der Waals surface area contributed by atoms with Crippen molar-refractivity contribution < 1.29 is 28.5 Å². The molecule has 0 amide bonds. The van der Waals surface area contributed by atoms with Gasteiger partial charge in [0, 0.05) is 6.54 Å². The molecule has 1 atom stereocenters. The first-order chi connectivity index (χ1) is 7.77. The predicted molar refractivity (Wildman–Crippen MR) is 53.7 cm³/mol. The van der Waals surface area contributed by atoms with Crippen molar-refractivity contribution >= 4 is 0 Å². The van der Waals surface area contributed by atoms with Crippen molar-refractivity contribution in [1.29, 1.82) is 0 Å². The van der Waals surface area contributed by atoms with Gasteiger partial charge in [0.2, 0.25) is 0 Å². The maximum atomic E-state index is 12.5. The normalized spacial score (nSPS) is 13.7. The van der Waals surface area contributed by atoms with E-state index >= 15 is 0 Å². The molecule has 0 fully saturated rings. The number of phenolic OH excluding ortho intramolecular Hbond substituents is 2. The lowest BCUT2D eigenvalue weighted by Gasteiger charge is -2.15. The van der Waals surface area contributed by atoms with E-state index in [9.17, 15) is 23.4 Å². The Morgan fingerprint density at radius 1 is 1.29 bits per heavy atom. The minimum Gasteiger partial charge on any atom is -0.504 e. The van der Waals surface area contributed by atoms with E-state index in [2.05, 4.69) is 5.32 Å². The van der Waals surface area contributed by atoms with Gasteiger partial charge in [-0.25, -0.2) is 0 Å². The number of rotatable bonds is 3. The molecular formula is C10H12F3NO3. The summed E-state index contributed by atoms with van der Waals surface area (Å²) in [6.45, 7) is 0.0293. The Hall–Kier alpha value is -1.47. The van der Waals surface area contributed by atoms with Crippen molar-refractivity contribution in [2.24, 2.45) is 0 Å². The average molecular weight is 251 g/mol. The van der Waals surface area contributed by atoms with Crippen LogP contribution in [0.25, 0.3) is 0 Å². The molecule has 17 heavy (non-hydrogen) atoms. The van der Waals surface area contributed by atoms with Gasteiger partial charge >= 0.3 is 6.18 Å². The van der Waals surface area contributed by atoms with E-state index in [1.54, 1.807) is 0 Å². The number of nitrogens with one attached hydrogen (secondary N) is 1. The van der Waals surface area contributed by atoms with Gasteiger partial charge in [-0.15, -0.1) is 0 Å². The van der Waals surface area contributed by atoms with Crippen molar-refractivity contribution in [2.45, 2.75) is 12.3 Å². The highest BCUT2D eigenvalue weighted by Gasteiger charge is 2.36. The number of aliphatic hydroxyl groups is 1. The Morgan fingerprint density at radius 3 is 2.35 bits per heavy atom. The molecule has 1 rings (SSSR count). The molecule has 1 unspecified atom stereocenters. The molecule has 1 aromatic rings. The predicted octanol–water partition coefficient (Wildman–Crippen LogP) is 1.37. The number of hydrogen-bond acceptors (Lipinski definition) is 4. The molecule has 4 N–H and O–H groups in total. The fourth-order valence-corrected chi connectivity index (χ4v) is 1.36. The van der Waals surface area contributed by atoms with Gasteiger partial charge in [0.1, 0.15) is 5.56 Å². The molecule has 1 aromatic carbocycles. The summed E-state index contributed by atoms with van der Waals surface area (Å²) in [6, 6.07) is 1.50. The van der Waals surface area contributed by atoms with Crippen LogP contribution in [-0.2, 0) is 6.18 Å². The van der Waals surface area contributed by atoms with Gasteiger partial charge in [0.25, 0.3) is 0 Å². The van der Waals surface area contributed by atoms with E-state index in [1.165, 1.54) is 7.05 Å². The van der Waals surface area contributed by atoms with Gasteiger partial charge in [-0.1, -0.05) is 0 Å². The van der Waals surface area contributed by atoms with Crippen LogP contribution in [-0.4, -0.2) is 28.9 Å². The minimum atomic E-state index is -4.79. The van der Waals surface area contributed by atoms with Crippen LogP contribution in [0.3, 0.4) is 0 Å². The van der Waals surface area contributed by atoms with Crippen LogP contribution in [0.4, 0.5) is 13.2 Å². The monoisotopic (exact) mass is 251 g/mol. The van der Waals surface area contributed by atoms with E-state index in [-0.39, 0.29) is 12.1 Å². The highest BCUT2D eigenvalue weighted by molar-refractivity contribution is 5.49. The summed E-state index contributed by atoms with van der Waals surface area (Å²) in [5.41, 5.74) is -1.50. The molecule has 0 bridgehead atoms. The van der Waals surface area contributed by atoms with Crippen LogP contribution >= 0.6 is 0 Å². The van der Waals surface area contributed by atoms with Gasteiger partial charge in [-0.05, 0) is 24.7 Å². The second kappa shape index (κ2) is 4.80. The van der Waals surface area contributed by atoms with Crippen molar-refractivity contribution in [2.75, 3.05) is 13.6 Å². The molecule has 0 aromatic heterocycles. The zero-order chi connectivity index (χ0) is 13.2. The molecule has 0 saturated heterocycles. The Morgan fingerprint density at radius 2 is 1.88 bits per heavy atom. The molecule has 96 valence electrons. The summed E-state index contributed by atoms with van der Waals surface area (Å²) in [5, 5.41) is 30.4. The van der Waals surface area contributed by atoms with Crippen molar-refractivity contribution in [1.82, 2.24) is 5.32 Å². The number of phenols is 2. The summed E-state index contributed by atoms with van der Waals surface area (Å²) in [7, 11) is 1.52. The van der Waals surface area contributed by atoms with Crippen LogP contribution in [0.5, 0.6) is 11.5 Å². The summed E-state index contributed by atoms with van der Waals surface area (Å²) in [6.07, 6.45) is -6.00. The standard InChI is InChI=1S/C10H12F3NO3/c1-14-4-8(16)5-2-6(10(11,12)13)9(17)7(15)3-5/h2-3,8,14-17H,4H2,1H3. The van der Waals surface area contributed by atoms with Gasteiger partial charge in [0.15, 0.2) is 11.5 Å². The largest absolute Gasteiger partial charge is 0.504 e. The zero-order valence-electron chi connectivity index (χ0n) is 8.91. The van der Waals surface area contributed by atoms with Gasteiger partial charge in [0.05, 0.1) is 6.10 Å². The van der Waals surface area contributed by atoms with Crippen molar-refractivity contribution in [3.8, 4) is 11.5 Å². The third-order valence-electron chi connectivity index (χ3n) is 2.20. The molecule has 0 radical (unpaired) electrons. The topological polar surface area (TPSA) is 72.7 Å². The van der Waals surface area contributed by atoms with E-state index in [0.29, 0.717) is 6.07 Å². The average Bonchev–Trinajstić information content (AvgIpc) is 2.20. The van der Waals surface area contributed by atoms with Crippen LogP contribution in [0.1, 0.15) is 17.2 Å². The maximum absolute atomic E-state index is 12.5. The van der Waals surface area contributed by atoms with Gasteiger partial charge in [-0.3, -0.25) is 0 Å². The number of likely N-dealkylation sites (N-methyl/N-ethyl adjacent to an activating group) is 1. The van der Waals surface area contributed by atoms with Crippen LogP contribution in [0.2, 0.25) is 0 Å². The third-order valence-corrected chi connectivity index (χ3v) is 2.20. The fraction of sp³-hybridized carbons (Fsp3) is 0.400. The van der Waals surface area contributed by atoms with Crippen LogP contribution in [0, 0.1) is 0 Å². The van der Waals surface area contributed by atoms with Gasteiger partial charge in [-0.2, -0.15) is 13.2 Å². The number of aliphatic hydroxyl groups excluding tert-OH is 1. The second-order valence-corrected chi connectivity index (χ2v) is 3.51. The van der Waals surface area contributed by atoms with E-state index < -0.39 is 29.3 Å². The SMILES string of the molecule is CNCC(O)c1cc(O)c(O)c(C(F)(F)F)c1. The lowest BCUT2D eigenvalue weighted by molar-refractivity contribution is -0.139. The fourth-order valence-electron chi connectivity index (χ4n) is 1.36. The van der Waals surface area contributed by atoms with Crippen molar-refractivity contribution in [3.63, 3.8) is 0 Å². The minimum absolute atomic E-state index is 0.0293. The lowest BCUT2D eigenvalue weighted by Crippen LogP contribution is -2.17. The Balaban J connectivity index is 3.24. The van der Waals surface area contributed by atoms with E-state index in [1.807, 2.05) is 0 Å². The highest BCUT2D eigenvalue weighted by Crippen LogP contribution is 2.42. The Kier molecular flexibility index (Phi) is 3.84. The number of aromatic hydroxyl groups is 2. The first-order valence-electron chi connectivity index (χ1n) is 4.73. The summed E-state index contributed by atoms with van der Waals surface area (Å²) >= 11 is 0. The number of alkyl halides is 3. The number of hydrogen-bond donors (Lipinski definition) is 4. The molecule has 0 saturated carbocycles. The molecule has 7 heteroatoms. The summed E-state index contributed by atoms with van der Waals surface area (Å²) in [5.74, 6) is -2.15. The number of halogens is 3. The summed E-state index contributed by atoms with van der Waals surface area (Å²) < 4.78 is 37.5. The summed E-state index contributed by atoms with van der Waals surface area (Å²) in [4.78, 5) is 0. The van der Waals surface area contributed by atoms with Crippen LogP contribution in [0.15, 0.2) is 12.1 Å². The zero-order valence-corrected chi connectivity index (χ0v) is 8.91. The first kappa shape index (κ1) is 13.6. The maximum Gasteiger partial charge on any atom is 0.420 e. The Bertz CT molecular complexity index is 407. The second-order valence-electron chi connectivity index (χ2n) is 3.51. The van der Waals surface area contributed by atoms with Crippen LogP contribution < -0.4 is 5.32 Å². The third kappa shape index (κ3) is 3.01. The number of benzene rings is 1. The van der Waals surface area contributed by atoms with Gasteiger partial charge < -0.3 is 20.6 Å². The van der Waals surface area contributed by atoms with E-state index in [0.717, 1.165) is 6.07 Å². The molecule has 0 spiro atoms. The lowest BCUT2D eigenvalue weighted by atomic mass is 10.0. The molecule has 0 heterocycles. The molecule has 4 nitrogen and oxygen atoms in total. The highest BCUT2D eigenvalue weighted by atomic mass is 19.4. The molecule has 0 aliphatic carbocycles. The smallest absolute Gasteiger partial charge is 0.420 e. The first-order valence-corrected chi connectivity index (χ1v) is 4.73. The van der Waals surface area contributed by atoms with Crippen molar-refractivity contribution in [3.05, 3.63) is 23.3 Å². The molecule has 0 aliphatic rings. The van der Waals surface area contributed by atoms with E-state index in [4.69, 9.17) is 5.11 Å². The Labute approximate surface area is 95.3 Å².